The molecule has 7 nitrogen and oxygen atoms in total. The second-order valence-electron chi connectivity index (χ2n) is 8.95. The highest BCUT2D eigenvalue weighted by Crippen LogP contribution is 2.37. The quantitative estimate of drug-likeness (QED) is 0.491. The summed E-state index contributed by atoms with van der Waals surface area (Å²) in [6, 6.07) is 13.3. The number of hydrogen-bond donors (Lipinski definition) is 2. The molecule has 0 saturated carbocycles. The van der Waals surface area contributed by atoms with Crippen molar-refractivity contribution in [3.63, 3.8) is 0 Å². The molecular formula is C27H28ClFN4O3. The lowest BCUT2D eigenvalue weighted by molar-refractivity contribution is -0.117. The van der Waals surface area contributed by atoms with E-state index in [0.717, 1.165) is 12.0 Å². The fraction of sp³-hybridized carbons (Fsp3) is 0.296. The van der Waals surface area contributed by atoms with Crippen molar-refractivity contribution < 1.29 is 18.8 Å². The zero-order chi connectivity index (χ0) is 26.0. The maximum absolute atomic E-state index is 14.1. The number of benzene rings is 2. The van der Waals surface area contributed by atoms with Crippen LogP contribution in [0.1, 0.15) is 52.6 Å². The Balaban J connectivity index is 1.76. The smallest absolute Gasteiger partial charge is 0.322 e. The number of nitrogens with one attached hydrogen (secondary N) is 2. The summed E-state index contributed by atoms with van der Waals surface area (Å²) in [5.74, 6) is -1.60. The van der Waals surface area contributed by atoms with Gasteiger partial charge in [-0.05, 0) is 54.3 Å². The number of halogens is 2. The average Bonchev–Trinajstić information content (AvgIpc) is 3.20. The van der Waals surface area contributed by atoms with Crippen molar-refractivity contribution in [2.75, 3.05) is 18.9 Å². The van der Waals surface area contributed by atoms with Crippen molar-refractivity contribution in [1.82, 2.24) is 14.8 Å². The fourth-order valence-electron chi connectivity index (χ4n) is 4.70. The van der Waals surface area contributed by atoms with Crippen LogP contribution in [0, 0.1) is 5.82 Å². The third kappa shape index (κ3) is 5.14. The highest BCUT2D eigenvalue weighted by atomic mass is 35.5. The van der Waals surface area contributed by atoms with Crippen LogP contribution in [0.3, 0.4) is 0 Å². The summed E-state index contributed by atoms with van der Waals surface area (Å²) in [5.41, 5.74) is 3.84. The molecule has 0 fully saturated rings. The molecule has 9 heteroatoms. The molecule has 4 rings (SSSR count). The van der Waals surface area contributed by atoms with Crippen molar-refractivity contribution in [2.45, 2.75) is 39.3 Å². The number of carbonyl (C=O) groups excluding carboxylic acids is 3. The molecule has 1 aromatic heterocycles. The average molecular weight is 511 g/mol. The molecule has 0 saturated heterocycles. The molecule has 36 heavy (non-hydrogen) atoms. The number of fused-ring (bicyclic) bond motifs is 1. The zero-order valence-corrected chi connectivity index (χ0v) is 21.2. The lowest BCUT2D eigenvalue weighted by atomic mass is 9.96. The minimum absolute atomic E-state index is 0.0949. The van der Waals surface area contributed by atoms with Gasteiger partial charge in [-0.2, -0.15) is 0 Å². The van der Waals surface area contributed by atoms with Gasteiger partial charge >= 0.3 is 6.03 Å². The predicted octanol–water partition coefficient (Wildman–Crippen LogP) is 4.97. The molecule has 2 N–H and O–H groups in total. The molecule has 1 atom stereocenters. The van der Waals surface area contributed by atoms with Crippen LogP contribution in [0.15, 0.2) is 48.5 Å². The third-order valence-corrected chi connectivity index (χ3v) is 6.82. The van der Waals surface area contributed by atoms with E-state index in [0.29, 0.717) is 35.1 Å². The molecule has 188 valence electrons. The summed E-state index contributed by atoms with van der Waals surface area (Å²) < 4.78 is 15.7. The van der Waals surface area contributed by atoms with Crippen LogP contribution in [0.5, 0.6) is 0 Å². The second-order valence-corrected chi connectivity index (χ2v) is 9.36. The Labute approximate surface area is 214 Å². The highest BCUT2D eigenvalue weighted by molar-refractivity contribution is 6.31. The van der Waals surface area contributed by atoms with Crippen molar-refractivity contribution >= 4 is 35.0 Å². The number of Topliss-reactive ketones (excluding diaryl/α,β-unsaturated/α-hetero) is 1. The zero-order valence-electron chi connectivity index (χ0n) is 20.4. The third-order valence-electron chi connectivity index (χ3n) is 6.47. The van der Waals surface area contributed by atoms with Gasteiger partial charge in [0.1, 0.15) is 17.3 Å². The van der Waals surface area contributed by atoms with Crippen molar-refractivity contribution in [3.05, 3.63) is 87.4 Å². The van der Waals surface area contributed by atoms with E-state index in [9.17, 15) is 18.8 Å². The molecule has 0 unspecified atom stereocenters. The summed E-state index contributed by atoms with van der Waals surface area (Å²) in [7, 11) is 1.49. The Morgan fingerprint density at radius 3 is 2.53 bits per heavy atom. The first-order chi connectivity index (χ1) is 17.2. The highest BCUT2D eigenvalue weighted by Gasteiger charge is 2.29. The minimum Gasteiger partial charge on any atom is -0.354 e. The first-order valence-corrected chi connectivity index (χ1v) is 12.1. The second kappa shape index (κ2) is 10.5. The number of ketones is 1. The Kier molecular flexibility index (Phi) is 7.45. The standard InChI is InChI=1S/C27H28ClFN4O3/c1-16(34)14-33-24(26(35)30-3)13-23(25(33)17(2)21-12-20(29)8-9-22(21)28)31-27(36)32-11-10-18-6-4-5-7-19(18)15-32/h4-9,12-13,17H,10-11,14-15H2,1-3H3,(H,30,35)(H,31,36)/t17-/m1/s1. The van der Waals surface area contributed by atoms with Crippen molar-refractivity contribution in [3.8, 4) is 0 Å². The van der Waals surface area contributed by atoms with Crippen LogP contribution in [0.25, 0.3) is 0 Å². The number of amides is 3. The maximum atomic E-state index is 14.1. The van der Waals surface area contributed by atoms with Gasteiger partial charge < -0.3 is 20.1 Å². The van der Waals surface area contributed by atoms with Crippen LogP contribution in [0.4, 0.5) is 14.9 Å². The van der Waals surface area contributed by atoms with Crippen LogP contribution < -0.4 is 10.6 Å². The van der Waals surface area contributed by atoms with E-state index < -0.39 is 17.6 Å². The molecule has 0 spiro atoms. The van der Waals surface area contributed by atoms with E-state index in [1.165, 1.54) is 37.7 Å². The summed E-state index contributed by atoms with van der Waals surface area (Å²) in [6.45, 7) is 4.12. The molecule has 1 aliphatic heterocycles. The van der Waals surface area contributed by atoms with Gasteiger partial charge in [-0.25, -0.2) is 9.18 Å². The summed E-state index contributed by atoms with van der Waals surface area (Å²) in [5, 5.41) is 5.87. The van der Waals surface area contributed by atoms with E-state index in [-0.39, 0.29) is 24.1 Å². The SMILES string of the molecule is CNC(=O)c1cc(NC(=O)N2CCc3ccccc3C2)c([C@H](C)c2cc(F)ccc2Cl)n1CC(C)=O. The van der Waals surface area contributed by atoms with Crippen LogP contribution in [-0.4, -0.2) is 40.8 Å². The van der Waals surface area contributed by atoms with Crippen LogP contribution in [0.2, 0.25) is 5.02 Å². The molecule has 0 bridgehead atoms. The number of nitrogens with zero attached hydrogens (tertiary/aromatic N) is 2. The Morgan fingerprint density at radius 2 is 1.83 bits per heavy atom. The summed E-state index contributed by atoms with van der Waals surface area (Å²) in [4.78, 5) is 40.0. The molecule has 2 aromatic carbocycles. The number of carbonyl (C=O) groups is 3. The topological polar surface area (TPSA) is 83.4 Å². The number of rotatable bonds is 6. The van der Waals surface area contributed by atoms with Gasteiger partial charge in [0.2, 0.25) is 0 Å². The molecule has 2 heterocycles. The predicted molar refractivity (Wildman–Crippen MR) is 137 cm³/mol. The largest absolute Gasteiger partial charge is 0.354 e. The Bertz CT molecular complexity index is 1340. The van der Waals surface area contributed by atoms with Gasteiger partial charge in [0.15, 0.2) is 0 Å². The van der Waals surface area contributed by atoms with Crippen LogP contribution >= 0.6 is 11.6 Å². The summed E-state index contributed by atoms with van der Waals surface area (Å²) in [6.07, 6.45) is 0.737. The number of urea groups is 1. The van der Waals surface area contributed by atoms with E-state index >= 15 is 0 Å². The summed E-state index contributed by atoms with van der Waals surface area (Å²) >= 11 is 6.41. The van der Waals surface area contributed by atoms with Gasteiger partial charge in [0.25, 0.3) is 5.91 Å². The molecule has 3 amide bonds. The fourth-order valence-corrected chi connectivity index (χ4v) is 4.98. The molecule has 0 radical (unpaired) electrons. The van der Waals surface area contributed by atoms with Gasteiger partial charge in [-0.15, -0.1) is 0 Å². The molecule has 1 aliphatic rings. The van der Waals surface area contributed by atoms with Crippen molar-refractivity contribution in [2.24, 2.45) is 0 Å². The molecule has 3 aromatic rings. The van der Waals surface area contributed by atoms with Gasteiger partial charge in [0.05, 0.1) is 12.2 Å². The van der Waals surface area contributed by atoms with Gasteiger partial charge in [0, 0.05) is 36.8 Å². The first-order valence-electron chi connectivity index (χ1n) is 11.7. The monoisotopic (exact) mass is 510 g/mol. The van der Waals surface area contributed by atoms with Crippen LogP contribution in [-0.2, 0) is 24.3 Å². The Morgan fingerprint density at radius 1 is 1.11 bits per heavy atom. The van der Waals surface area contributed by atoms with E-state index in [1.807, 2.05) is 18.2 Å². The Hall–Kier alpha value is -3.65. The normalized spacial score (nSPS) is 13.6. The van der Waals surface area contributed by atoms with E-state index in [1.54, 1.807) is 22.5 Å². The number of aromatic nitrogens is 1. The maximum Gasteiger partial charge on any atom is 0.322 e. The van der Waals surface area contributed by atoms with E-state index in [4.69, 9.17) is 11.6 Å². The molecule has 0 aliphatic carbocycles. The number of anilines is 1. The number of hydrogen-bond acceptors (Lipinski definition) is 3. The van der Waals surface area contributed by atoms with Gasteiger partial charge in [-0.1, -0.05) is 42.8 Å². The van der Waals surface area contributed by atoms with Crippen molar-refractivity contribution in [1.29, 1.82) is 0 Å². The molecular weight excluding hydrogens is 483 g/mol. The van der Waals surface area contributed by atoms with E-state index in [2.05, 4.69) is 16.7 Å². The van der Waals surface area contributed by atoms with Gasteiger partial charge in [-0.3, -0.25) is 9.59 Å². The lowest BCUT2D eigenvalue weighted by Crippen LogP contribution is -2.39. The first kappa shape index (κ1) is 25.4. The lowest BCUT2D eigenvalue weighted by Gasteiger charge is -2.29. The minimum atomic E-state index is -0.539.